The van der Waals surface area contributed by atoms with Crippen molar-refractivity contribution in [3.8, 4) is 5.75 Å². The summed E-state index contributed by atoms with van der Waals surface area (Å²) in [5, 5.41) is 3.62. The van der Waals surface area contributed by atoms with Gasteiger partial charge in [0.1, 0.15) is 5.69 Å². The Hall–Kier alpha value is -3.72. The Labute approximate surface area is 177 Å². The molecule has 1 amide bonds. The maximum absolute atomic E-state index is 13.6. The first-order valence-electron chi connectivity index (χ1n) is 9.27. The first-order chi connectivity index (χ1) is 14.9. The van der Waals surface area contributed by atoms with Gasteiger partial charge in [0, 0.05) is 35.9 Å². The van der Waals surface area contributed by atoms with E-state index in [9.17, 15) is 17.6 Å². The molecule has 2 heterocycles. The molecule has 0 aliphatic carbocycles. The zero-order valence-electron chi connectivity index (χ0n) is 16.4. The van der Waals surface area contributed by atoms with E-state index in [4.69, 9.17) is 4.74 Å². The molecule has 0 unspecified atom stereocenters. The Kier molecular flexibility index (Phi) is 5.43. The SMILES string of the molecule is COc1cc(S(=O)(=O)c2ccc(CNC(=O)c3cc4cnccc4[nH]3)cc2)ccc1F. The van der Waals surface area contributed by atoms with Crippen molar-refractivity contribution in [2.75, 3.05) is 7.11 Å². The molecule has 158 valence electrons. The Morgan fingerprint density at radius 1 is 1.10 bits per heavy atom. The summed E-state index contributed by atoms with van der Waals surface area (Å²) in [7, 11) is -2.57. The number of benzene rings is 2. The fourth-order valence-corrected chi connectivity index (χ4v) is 4.38. The fourth-order valence-electron chi connectivity index (χ4n) is 3.10. The van der Waals surface area contributed by atoms with Crippen molar-refractivity contribution in [1.29, 1.82) is 0 Å². The van der Waals surface area contributed by atoms with Gasteiger partial charge in [-0.3, -0.25) is 9.78 Å². The van der Waals surface area contributed by atoms with Crippen LogP contribution in [-0.4, -0.2) is 31.4 Å². The molecule has 31 heavy (non-hydrogen) atoms. The van der Waals surface area contributed by atoms with Gasteiger partial charge >= 0.3 is 0 Å². The largest absolute Gasteiger partial charge is 0.494 e. The van der Waals surface area contributed by atoms with E-state index in [0.717, 1.165) is 28.6 Å². The predicted molar refractivity (Wildman–Crippen MR) is 112 cm³/mol. The van der Waals surface area contributed by atoms with Crippen molar-refractivity contribution in [3.63, 3.8) is 0 Å². The topological polar surface area (TPSA) is 101 Å². The summed E-state index contributed by atoms with van der Waals surface area (Å²) in [6, 6.07) is 13.0. The number of fused-ring (bicyclic) bond motifs is 1. The molecule has 0 saturated carbocycles. The van der Waals surface area contributed by atoms with Crippen LogP contribution in [0.4, 0.5) is 4.39 Å². The Morgan fingerprint density at radius 2 is 1.84 bits per heavy atom. The molecule has 7 nitrogen and oxygen atoms in total. The Balaban J connectivity index is 1.47. The molecule has 4 aromatic rings. The number of aromatic amines is 1. The highest BCUT2D eigenvalue weighted by molar-refractivity contribution is 7.91. The highest BCUT2D eigenvalue weighted by Crippen LogP contribution is 2.26. The summed E-state index contributed by atoms with van der Waals surface area (Å²) in [5.74, 6) is -1.07. The number of hydrogen-bond donors (Lipinski definition) is 2. The van der Waals surface area contributed by atoms with Crippen LogP contribution < -0.4 is 10.1 Å². The van der Waals surface area contributed by atoms with Gasteiger partial charge < -0.3 is 15.0 Å². The van der Waals surface area contributed by atoms with Crippen LogP contribution in [0.25, 0.3) is 10.9 Å². The molecule has 0 fully saturated rings. The maximum Gasteiger partial charge on any atom is 0.267 e. The molecule has 4 rings (SSSR count). The van der Waals surface area contributed by atoms with E-state index in [-0.39, 0.29) is 28.0 Å². The maximum atomic E-state index is 13.6. The molecule has 2 aromatic heterocycles. The van der Waals surface area contributed by atoms with Crippen molar-refractivity contribution < 1.29 is 22.3 Å². The predicted octanol–water partition coefficient (Wildman–Crippen LogP) is 3.47. The minimum atomic E-state index is -3.84. The molecule has 9 heteroatoms. The summed E-state index contributed by atoms with van der Waals surface area (Å²) in [5.41, 5.74) is 1.95. The standard InChI is InChI=1S/C22H18FN3O4S/c1-30-21-11-17(6-7-18(21)23)31(28,29)16-4-2-14(3-5-16)12-25-22(27)20-10-15-13-24-9-8-19(15)26-20/h2-11,13,26H,12H2,1H3,(H,25,27). The van der Waals surface area contributed by atoms with Crippen molar-refractivity contribution in [2.24, 2.45) is 0 Å². The number of amides is 1. The van der Waals surface area contributed by atoms with E-state index in [1.54, 1.807) is 36.7 Å². The number of carbonyl (C=O) groups is 1. The second-order valence-electron chi connectivity index (χ2n) is 6.77. The van der Waals surface area contributed by atoms with E-state index in [2.05, 4.69) is 15.3 Å². The molecular weight excluding hydrogens is 421 g/mol. The number of hydrogen-bond acceptors (Lipinski definition) is 5. The number of carbonyl (C=O) groups excluding carboxylic acids is 1. The van der Waals surface area contributed by atoms with E-state index in [0.29, 0.717) is 5.69 Å². The zero-order valence-corrected chi connectivity index (χ0v) is 17.2. The lowest BCUT2D eigenvalue weighted by Gasteiger charge is -2.09. The van der Waals surface area contributed by atoms with Crippen molar-refractivity contribution in [2.45, 2.75) is 16.3 Å². The monoisotopic (exact) mass is 439 g/mol. The number of aromatic nitrogens is 2. The number of sulfone groups is 1. The molecule has 0 saturated heterocycles. The highest BCUT2D eigenvalue weighted by Gasteiger charge is 2.19. The fraction of sp³-hybridized carbons (Fsp3) is 0.0909. The summed E-state index contributed by atoms with van der Waals surface area (Å²) in [6.07, 6.45) is 3.30. The molecule has 2 N–H and O–H groups in total. The smallest absolute Gasteiger partial charge is 0.267 e. The summed E-state index contributed by atoms with van der Waals surface area (Å²) >= 11 is 0. The molecular formula is C22H18FN3O4S. The third-order valence-electron chi connectivity index (χ3n) is 4.79. The van der Waals surface area contributed by atoms with Gasteiger partial charge in [-0.25, -0.2) is 12.8 Å². The van der Waals surface area contributed by atoms with Crippen molar-refractivity contribution >= 4 is 26.6 Å². The van der Waals surface area contributed by atoms with Gasteiger partial charge in [-0.05, 0) is 42.0 Å². The number of rotatable bonds is 6. The second kappa shape index (κ2) is 8.19. The van der Waals surface area contributed by atoms with Crippen molar-refractivity contribution in [3.05, 3.63) is 84.1 Å². The third kappa shape index (κ3) is 4.13. The molecule has 0 spiro atoms. The normalized spacial score (nSPS) is 11.4. The number of methoxy groups -OCH3 is 1. The van der Waals surface area contributed by atoms with Gasteiger partial charge in [0.05, 0.1) is 16.9 Å². The van der Waals surface area contributed by atoms with Crippen LogP contribution in [0, 0.1) is 5.82 Å². The first-order valence-corrected chi connectivity index (χ1v) is 10.8. The van der Waals surface area contributed by atoms with Gasteiger partial charge in [-0.15, -0.1) is 0 Å². The van der Waals surface area contributed by atoms with Crippen LogP contribution in [0.1, 0.15) is 16.1 Å². The van der Waals surface area contributed by atoms with E-state index < -0.39 is 15.7 Å². The quantitative estimate of drug-likeness (QED) is 0.448. The van der Waals surface area contributed by atoms with Crippen LogP contribution >= 0.6 is 0 Å². The lowest BCUT2D eigenvalue weighted by atomic mass is 10.2. The minimum absolute atomic E-state index is 0.0550. The average Bonchev–Trinajstić information content (AvgIpc) is 3.22. The van der Waals surface area contributed by atoms with Gasteiger partial charge in [0.15, 0.2) is 11.6 Å². The first kappa shape index (κ1) is 20.5. The lowest BCUT2D eigenvalue weighted by molar-refractivity contribution is 0.0946. The van der Waals surface area contributed by atoms with Crippen LogP contribution in [0.5, 0.6) is 5.75 Å². The number of H-pyrrole nitrogens is 1. The number of ether oxygens (including phenoxy) is 1. The van der Waals surface area contributed by atoms with Gasteiger partial charge in [0.2, 0.25) is 9.84 Å². The third-order valence-corrected chi connectivity index (χ3v) is 6.55. The molecule has 0 aliphatic heterocycles. The number of pyridine rings is 1. The van der Waals surface area contributed by atoms with E-state index >= 15 is 0 Å². The summed E-state index contributed by atoms with van der Waals surface area (Å²) < 4.78 is 44.1. The van der Waals surface area contributed by atoms with Crippen LogP contribution in [0.3, 0.4) is 0 Å². The molecule has 0 radical (unpaired) electrons. The van der Waals surface area contributed by atoms with Gasteiger partial charge in [-0.2, -0.15) is 0 Å². The van der Waals surface area contributed by atoms with Crippen LogP contribution in [0.15, 0.2) is 76.8 Å². The minimum Gasteiger partial charge on any atom is -0.494 e. The highest BCUT2D eigenvalue weighted by atomic mass is 32.2. The summed E-state index contributed by atoms with van der Waals surface area (Å²) in [4.78, 5) is 19.4. The number of nitrogens with one attached hydrogen (secondary N) is 2. The lowest BCUT2D eigenvalue weighted by Crippen LogP contribution is -2.23. The molecule has 0 bridgehead atoms. The molecule has 0 aliphatic rings. The Bertz CT molecular complexity index is 1330. The second-order valence-corrected chi connectivity index (χ2v) is 8.72. The average molecular weight is 439 g/mol. The van der Waals surface area contributed by atoms with E-state index in [1.165, 1.54) is 25.3 Å². The van der Waals surface area contributed by atoms with Gasteiger partial charge in [-0.1, -0.05) is 12.1 Å². The van der Waals surface area contributed by atoms with Crippen LogP contribution in [-0.2, 0) is 16.4 Å². The molecule has 2 aromatic carbocycles. The van der Waals surface area contributed by atoms with Gasteiger partial charge in [0.25, 0.3) is 5.91 Å². The van der Waals surface area contributed by atoms with Crippen LogP contribution in [0.2, 0.25) is 0 Å². The number of nitrogens with zero attached hydrogens (tertiary/aromatic N) is 1. The number of halogens is 1. The molecule has 0 atom stereocenters. The van der Waals surface area contributed by atoms with E-state index in [1.807, 2.05) is 0 Å². The van der Waals surface area contributed by atoms with Crippen molar-refractivity contribution in [1.82, 2.24) is 15.3 Å². The Morgan fingerprint density at radius 3 is 2.55 bits per heavy atom. The zero-order chi connectivity index (χ0) is 22.0. The summed E-state index contributed by atoms with van der Waals surface area (Å²) in [6.45, 7) is 0.219.